The fourth-order valence-corrected chi connectivity index (χ4v) is 5.99. The maximum atomic E-state index is 12.9. The summed E-state index contributed by atoms with van der Waals surface area (Å²) in [5.74, 6) is 0.236. The number of rotatable bonds is 7. The normalized spacial score (nSPS) is 21.1. The van der Waals surface area contributed by atoms with Gasteiger partial charge in [-0.1, -0.05) is 19.1 Å². The monoisotopic (exact) mass is 470 g/mol. The summed E-state index contributed by atoms with van der Waals surface area (Å²) in [5.41, 5.74) is 1.02. The highest BCUT2D eigenvalue weighted by atomic mass is 32.1. The van der Waals surface area contributed by atoms with Gasteiger partial charge in [-0.3, -0.25) is 9.59 Å². The van der Waals surface area contributed by atoms with Crippen LogP contribution >= 0.6 is 22.7 Å². The number of thiophene rings is 1. The summed E-state index contributed by atoms with van der Waals surface area (Å²) in [6, 6.07) is 11.5. The zero-order valence-corrected chi connectivity index (χ0v) is 19.5. The molecule has 9 heteroatoms. The Morgan fingerprint density at radius 2 is 2.06 bits per heavy atom. The van der Waals surface area contributed by atoms with E-state index in [2.05, 4.69) is 23.6 Å². The molecule has 0 saturated carbocycles. The van der Waals surface area contributed by atoms with E-state index in [0.717, 1.165) is 16.9 Å². The van der Waals surface area contributed by atoms with E-state index in [0.29, 0.717) is 48.5 Å². The fourth-order valence-electron chi connectivity index (χ4n) is 4.06. The lowest BCUT2D eigenvalue weighted by molar-refractivity contribution is -0.118. The second-order valence-corrected chi connectivity index (χ2v) is 10.4. The van der Waals surface area contributed by atoms with E-state index in [9.17, 15) is 9.59 Å². The molecule has 2 atom stereocenters. The number of carbonyl (C=O) groups excluding carboxylic acids is 2. The van der Waals surface area contributed by atoms with Gasteiger partial charge in [0.25, 0.3) is 5.91 Å². The molecule has 2 aliphatic rings. The molecule has 3 aromatic rings. The van der Waals surface area contributed by atoms with Crippen LogP contribution in [0.25, 0.3) is 10.2 Å². The second-order valence-electron chi connectivity index (χ2n) is 8.27. The number of benzene rings is 1. The predicted molar refractivity (Wildman–Crippen MR) is 128 cm³/mol. The van der Waals surface area contributed by atoms with Crippen molar-refractivity contribution in [3.63, 3.8) is 0 Å². The first-order chi connectivity index (χ1) is 15.6. The lowest BCUT2D eigenvalue weighted by Gasteiger charge is -2.37. The van der Waals surface area contributed by atoms with Crippen molar-refractivity contribution in [2.75, 3.05) is 31.6 Å². The molecule has 0 unspecified atom stereocenters. The largest absolute Gasteiger partial charge is 0.377 e. The minimum absolute atomic E-state index is 0.0138. The number of carbonyl (C=O) groups is 2. The standard InChI is InChI=1S/C23H26N4O3S2/c1-2-9-30-15-10-17(24-11-15)21(28)26-20-8-7-19(31-20)23(29)27-12-14(13-27)22-25-16-5-3-4-6-18(16)32-22/h3-8,14-15,17,24H,2,9-13H2,1H3,(H,26,28)/t15-,17+/m1/s1. The molecule has 0 aliphatic carbocycles. The van der Waals surface area contributed by atoms with Crippen LogP contribution in [-0.4, -0.2) is 60.1 Å². The first kappa shape index (κ1) is 21.5. The van der Waals surface area contributed by atoms with Gasteiger partial charge in [-0.05, 0) is 37.1 Å². The number of ether oxygens (including phenoxy) is 1. The Labute approximate surface area is 194 Å². The summed E-state index contributed by atoms with van der Waals surface area (Å²) in [6.45, 7) is 4.85. The Balaban J connectivity index is 1.13. The summed E-state index contributed by atoms with van der Waals surface area (Å²) >= 11 is 3.04. The van der Waals surface area contributed by atoms with Crippen molar-refractivity contribution < 1.29 is 14.3 Å². The van der Waals surface area contributed by atoms with E-state index < -0.39 is 0 Å². The van der Waals surface area contributed by atoms with Gasteiger partial charge in [-0.2, -0.15) is 0 Å². The number of hydrogen-bond donors (Lipinski definition) is 2. The van der Waals surface area contributed by atoms with Crippen molar-refractivity contribution in [2.45, 2.75) is 37.8 Å². The summed E-state index contributed by atoms with van der Waals surface area (Å²) in [7, 11) is 0. The number of aromatic nitrogens is 1. The van der Waals surface area contributed by atoms with Crippen LogP contribution in [0.3, 0.4) is 0 Å². The number of nitrogens with zero attached hydrogens (tertiary/aromatic N) is 2. The van der Waals surface area contributed by atoms with E-state index in [1.807, 2.05) is 23.1 Å². The van der Waals surface area contributed by atoms with Crippen molar-refractivity contribution in [1.29, 1.82) is 0 Å². The topological polar surface area (TPSA) is 83.6 Å². The Hall–Kier alpha value is -2.33. The molecule has 0 radical (unpaired) electrons. The molecule has 2 amide bonds. The molecule has 2 fully saturated rings. The van der Waals surface area contributed by atoms with Crippen molar-refractivity contribution in [3.8, 4) is 0 Å². The van der Waals surface area contributed by atoms with E-state index in [1.54, 1.807) is 23.5 Å². The highest BCUT2D eigenvalue weighted by Crippen LogP contribution is 2.35. The maximum Gasteiger partial charge on any atom is 0.264 e. The molecule has 0 spiro atoms. The number of thiazole rings is 1. The first-order valence-electron chi connectivity index (χ1n) is 11.0. The Bertz CT molecular complexity index is 1090. The van der Waals surface area contributed by atoms with Gasteiger partial charge in [0.05, 0.1) is 32.2 Å². The second kappa shape index (κ2) is 9.27. The maximum absolute atomic E-state index is 12.9. The lowest BCUT2D eigenvalue weighted by Crippen LogP contribution is -2.48. The van der Waals surface area contributed by atoms with E-state index >= 15 is 0 Å². The minimum atomic E-state index is -0.261. The van der Waals surface area contributed by atoms with Gasteiger partial charge >= 0.3 is 0 Å². The molecule has 5 rings (SSSR count). The zero-order valence-electron chi connectivity index (χ0n) is 17.9. The molecule has 2 aliphatic heterocycles. The average molecular weight is 471 g/mol. The third kappa shape index (κ3) is 4.43. The van der Waals surface area contributed by atoms with Gasteiger partial charge in [0, 0.05) is 32.2 Å². The number of likely N-dealkylation sites (tertiary alicyclic amines) is 1. The molecular formula is C23H26N4O3S2. The van der Waals surface area contributed by atoms with Crippen molar-refractivity contribution in [1.82, 2.24) is 15.2 Å². The van der Waals surface area contributed by atoms with Crippen molar-refractivity contribution in [2.24, 2.45) is 0 Å². The molecule has 4 heterocycles. The molecule has 7 nitrogen and oxygen atoms in total. The van der Waals surface area contributed by atoms with Crippen LogP contribution in [0.1, 0.15) is 40.4 Å². The predicted octanol–water partition coefficient (Wildman–Crippen LogP) is 3.69. The summed E-state index contributed by atoms with van der Waals surface area (Å²) in [4.78, 5) is 32.6. The van der Waals surface area contributed by atoms with Gasteiger partial charge < -0.3 is 20.3 Å². The van der Waals surface area contributed by atoms with Crippen molar-refractivity contribution in [3.05, 3.63) is 46.3 Å². The Morgan fingerprint density at radius 1 is 1.22 bits per heavy atom. The number of anilines is 1. The van der Waals surface area contributed by atoms with Crippen LogP contribution in [0.2, 0.25) is 0 Å². The van der Waals surface area contributed by atoms with Gasteiger partial charge in [0.15, 0.2) is 0 Å². The van der Waals surface area contributed by atoms with Crippen LogP contribution < -0.4 is 10.6 Å². The summed E-state index contributed by atoms with van der Waals surface area (Å²) in [6.07, 6.45) is 1.72. The number of amides is 2. The van der Waals surface area contributed by atoms with Gasteiger partial charge in [-0.15, -0.1) is 22.7 Å². The summed E-state index contributed by atoms with van der Waals surface area (Å²) < 4.78 is 6.91. The number of hydrogen-bond acceptors (Lipinski definition) is 7. The first-order valence-corrected chi connectivity index (χ1v) is 12.6. The molecule has 1 aromatic carbocycles. The Morgan fingerprint density at radius 3 is 2.88 bits per heavy atom. The molecule has 168 valence electrons. The van der Waals surface area contributed by atoms with Gasteiger partial charge in [0.2, 0.25) is 5.91 Å². The number of nitrogens with one attached hydrogen (secondary N) is 2. The quantitative estimate of drug-likeness (QED) is 0.550. The van der Waals surface area contributed by atoms with E-state index in [1.165, 1.54) is 16.0 Å². The number of para-hydroxylation sites is 1. The zero-order chi connectivity index (χ0) is 22.1. The van der Waals surface area contributed by atoms with Gasteiger partial charge in [0.1, 0.15) is 5.01 Å². The fraction of sp³-hybridized carbons (Fsp3) is 0.435. The summed E-state index contributed by atoms with van der Waals surface area (Å²) in [5, 5.41) is 7.95. The highest BCUT2D eigenvalue weighted by molar-refractivity contribution is 7.18. The molecule has 2 saturated heterocycles. The van der Waals surface area contributed by atoms with Gasteiger partial charge in [-0.25, -0.2) is 4.98 Å². The number of fused-ring (bicyclic) bond motifs is 1. The third-order valence-electron chi connectivity index (χ3n) is 5.86. The van der Waals surface area contributed by atoms with Crippen LogP contribution in [-0.2, 0) is 9.53 Å². The molecule has 2 aromatic heterocycles. The van der Waals surface area contributed by atoms with Crippen LogP contribution in [0.4, 0.5) is 5.00 Å². The van der Waals surface area contributed by atoms with Crippen molar-refractivity contribution >= 4 is 49.7 Å². The molecule has 2 N–H and O–H groups in total. The average Bonchev–Trinajstić information content (AvgIpc) is 3.50. The van der Waals surface area contributed by atoms with E-state index in [-0.39, 0.29) is 24.0 Å². The Kier molecular flexibility index (Phi) is 6.23. The van der Waals surface area contributed by atoms with Crippen LogP contribution in [0.5, 0.6) is 0 Å². The van der Waals surface area contributed by atoms with E-state index in [4.69, 9.17) is 9.72 Å². The molecular weight excluding hydrogens is 444 g/mol. The minimum Gasteiger partial charge on any atom is -0.377 e. The SMILES string of the molecule is CCCO[C@H]1CN[C@H](C(=O)Nc2ccc(C(=O)N3CC(c4nc5ccccc5s4)C3)s2)C1. The smallest absolute Gasteiger partial charge is 0.264 e. The highest BCUT2D eigenvalue weighted by Gasteiger charge is 2.35. The van der Waals surface area contributed by atoms with Crippen LogP contribution in [0, 0.1) is 0 Å². The molecule has 0 bridgehead atoms. The molecule has 32 heavy (non-hydrogen) atoms. The lowest BCUT2D eigenvalue weighted by atomic mass is 10.0. The third-order valence-corrected chi connectivity index (χ3v) is 8.04. The van der Waals surface area contributed by atoms with Crippen LogP contribution in [0.15, 0.2) is 36.4 Å².